The molecule has 9 heteroatoms. The fourth-order valence-electron chi connectivity index (χ4n) is 3.20. The molecule has 0 amide bonds. The fourth-order valence-corrected chi connectivity index (χ4v) is 3.20. The van der Waals surface area contributed by atoms with Gasteiger partial charge in [0, 0.05) is 17.9 Å². The minimum atomic E-state index is -0.723. The Bertz CT molecular complexity index is 1190. The summed E-state index contributed by atoms with van der Waals surface area (Å²) in [5, 5.41) is 5.94. The minimum Gasteiger partial charge on any atom is -0.461 e. The van der Waals surface area contributed by atoms with Crippen LogP contribution in [0.25, 0.3) is 11.0 Å². The molecule has 0 saturated carbocycles. The second-order valence-electron chi connectivity index (χ2n) is 6.71. The molecule has 9 nitrogen and oxygen atoms in total. The Kier molecular flexibility index (Phi) is 7.33. The number of para-hydroxylation sites is 1. The van der Waals surface area contributed by atoms with Crippen molar-refractivity contribution in [2.24, 2.45) is 0 Å². The van der Waals surface area contributed by atoms with Crippen molar-refractivity contribution in [1.82, 2.24) is 9.55 Å². The van der Waals surface area contributed by atoms with Crippen molar-refractivity contribution in [3.05, 3.63) is 70.4 Å². The summed E-state index contributed by atoms with van der Waals surface area (Å²) in [5.74, 6) is -1.43. The molecule has 3 aromatic rings. The number of aryl methyl sites for hydroxylation is 1. The van der Waals surface area contributed by atoms with Crippen molar-refractivity contribution in [3.8, 4) is 0 Å². The summed E-state index contributed by atoms with van der Waals surface area (Å²) in [4.78, 5) is 40.4. The third-order valence-electron chi connectivity index (χ3n) is 4.61. The number of nitrogens with one attached hydrogen (secondary N) is 3. The molecule has 1 aromatic heterocycles. The average Bonchev–Trinajstić information content (AvgIpc) is 3.11. The number of imidazole rings is 1. The summed E-state index contributed by atoms with van der Waals surface area (Å²) in [7, 11) is 0. The monoisotopic (exact) mass is 438 g/mol. The number of aromatic nitrogens is 2. The van der Waals surface area contributed by atoms with Gasteiger partial charge in [0.25, 0.3) is 0 Å². The highest BCUT2D eigenvalue weighted by molar-refractivity contribution is 6.04. The summed E-state index contributed by atoms with van der Waals surface area (Å²) in [6.45, 7) is 6.01. The SMILES string of the molecule is CCOC(=O)/C(Nc1ccccc1)=C(\Nc1ccc2c(c1)[nH]c(=O)n2CC)C(=O)OCC. The summed E-state index contributed by atoms with van der Waals surface area (Å²) < 4.78 is 12.0. The normalized spacial score (nSPS) is 11.6. The molecule has 0 aliphatic carbocycles. The van der Waals surface area contributed by atoms with E-state index in [-0.39, 0.29) is 30.3 Å². The van der Waals surface area contributed by atoms with E-state index in [9.17, 15) is 14.4 Å². The zero-order valence-electron chi connectivity index (χ0n) is 18.2. The van der Waals surface area contributed by atoms with Crippen LogP contribution in [-0.2, 0) is 25.6 Å². The molecule has 3 rings (SSSR count). The van der Waals surface area contributed by atoms with Crippen LogP contribution in [0.15, 0.2) is 64.7 Å². The van der Waals surface area contributed by atoms with E-state index in [1.807, 2.05) is 13.0 Å². The number of esters is 2. The van der Waals surface area contributed by atoms with E-state index in [0.29, 0.717) is 23.4 Å². The van der Waals surface area contributed by atoms with Gasteiger partial charge in [-0.3, -0.25) is 4.57 Å². The number of hydrogen-bond donors (Lipinski definition) is 3. The average molecular weight is 438 g/mol. The van der Waals surface area contributed by atoms with Crippen molar-refractivity contribution < 1.29 is 19.1 Å². The van der Waals surface area contributed by atoms with Gasteiger partial charge in [0.15, 0.2) is 11.4 Å². The van der Waals surface area contributed by atoms with Crippen LogP contribution in [0.3, 0.4) is 0 Å². The van der Waals surface area contributed by atoms with Crippen LogP contribution in [0.4, 0.5) is 11.4 Å². The lowest BCUT2D eigenvalue weighted by atomic mass is 10.2. The molecule has 3 N–H and O–H groups in total. The topological polar surface area (TPSA) is 114 Å². The number of hydrogen-bond acceptors (Lipinski definition) is 7. The Hall–Kier alpha value is -4.01. The Labute approximate surface area is 185 Å². The number of H-pyrrole nitrogens is 1. The number of ether oxygens (including phenoxy) is 2. The Balaban J connectivity index is 2.08. The van der Waals surface area contributed by atoms with Crippen LogP contribution in [0.2, 0.25) is 0 Å². The molecule has 0 aliphatic heterocycles. The van der Waals surface area contributed by atoms with Crippen LogP contribution in [0.1, 0.15) is 20.8 Å². The van der Waals surface area contributed by atoms with Gasteiger partial charge in [-0.25, -0.2) is 14.4 Å². The molecular formula is C23H26N4O5. The first-order chi connectivity index (χ1) is 15.5. The number of aromatic amines is 1. The van der Waals surface area contributed by atoms with Gasteiger partial charge in [0.2, 0.25) is 0 Å². The molecule has 0 fully saturated rings. The van der Waals surface area contributed by atoms with Crippen LogP contribution < -0.4 is 16.3 Å². The van der Waals surface area contributed by atoms with Crippen molar-refractivity contribution in [2.75, 3.05) is 23.8 Å². The largest absolute Gasteiger partial charge is 0.461 e. The highest BCUT2D eigenvalue weighted by atomic mass is 16.5. The number of carbonyl (C=O) groups excluding carboxylic acids is 2. The molecule has 0 bridgehead atoms. The lowest BCUT2D eigenvalue weighted by Gasteiger charge is -2.17. The molecule has 0 saturated heterocycles. The quantitative estimate of drug-likeness (QED) is 0.347. The third kappa shape index (κ3) is 5.00. The number of nitrogens with zero attached hydrogens (tertiary/aromatic N) is 1. The van der Waals surface area contributed by atoms with E-state index in [2.05, 4.69) is 15.6 Å². The molecule has 2 aromatic carbocycles. The van der Waals surface area contributed by atoms with Gasteiger partial charge in [-0.15, -0.1) is 0 Å². The first kappa shape index (κ1) is 22.7. The van der Waals surface area contributed by atoms with Gasteiger partial charge < -0.3 is 25.1 Å². The van der Waals surface area contributed by atoms with Crippen LogP contribution in [0.5, 0.6) is 0 Å². The maximum absolute atomic E-state index is 12.8. The van der Waals surface area contributed by atoms with Crippen LogP contribution >= 0.6 is 0 Å². The smallest absolute Gasteiger partial charge is 0.357 e. The zero-order chi connectivity index (χ0) is 23.1. The van der Waals surface area contributed by atoms with Gasteiger partial charge in [0.05, 0.1) is 24.2 Å². The number of anilines is 2. The van der Waals surface area contributed by atoms with Crippen LogP contribution in [-0.4, -0.2) is 34.7 Å². The molecule has 0 radical (unpaired) electrons. The van der Waals surface area contributed by atoms with E-state index in [0.717, 1.165) is 5.52 Å². The molecule has 168 valence electrons. The third-order valence-corrected chi connectivity index (χ3v) is 4.61. The van der Waals surface area contributed by atoms with Gasteiger partial charge in [0.1, 0.15) is 0 Å². The standard InChI is InChI=1S/C23H26N4O5/c1-4-27-18-13-12-16(14-17(18)26-23(27)30)25-20(22(29)32-6-3)19(21(28)31-5-2)24-15-10-8-7-9-11-15/h7-14,24-25H,4-6H2,1-3H3,(H,26,30)/b20-19+. The van der Waals surface area contributed by atoms with Gasteiger partial charge in [-0.2, -0.15) is 0 Å². The van der Waals surface area contributed by atoms with Crippen molar-refractivity contribution in [3.63, 3.8) is 0 Å². The molecule has 0 atom stereocenters. The molecule has 32 heavy (non-hydrogen) atoms. The van der Waals surface area contributed by atoms with Gasteiger partial charge in [-0.1, -0.05) is 18.2 Å². The summed E-state index contributed by atoms with van der Waals surface area (Å²) in [5.41, 5.74) is 2.00. The van der Waals surface area contributed by atoms with Crippen molar-refractivity contribution in [2.45, 2.75) is 27.3 Å². The predicted molar refractivity (Wildman–Crippen MR) is 122 cm³/mol. The zero-order valence-corrected chi connectivity index (χ0v) is 18.2. The van der Waals surface area contributed by atoms with Gasteiger partial charge >= 0.3 is 17.6 Å². The first-order valence-electron chi connectivity index (χ1n) is 10.4. The molecule has 0 unspecified atom stereocenters. The lowest BCUT2D eigenvalue weighted by Crippen LogP contribution is -2.25. The molecule has 0 aliphatic rings. The number of rotatable bonds is 9. The highest BCUT2D eigenvalue weighted by Crippen LogP contribution is 2.21. The van der Waals surface area contributed by atoms with Crippen molar-refractivity contribution >= 4 is 34.3 Å². The van der Waals surface area contributed by atoms with E-state index in [1.54, 1.807) is 60.9 Å². The summed E-state index contributed by atoms with van der Waals surface area (Å²) in [6.07, 6.45) is 0. The number of fused-ring (bicyclic) bond motifs is 1. The van der Waals surface area contributed by atoms with E-state index < -0.39 is 11.9 Å². The summed E-state index contributed by atoms with van der Waals surface area (Å²) >= 11 is 0. The van der Waals surface area contributed by atoms with Crippen molar-refractivity contribution in [1.29, 1.82) is 0 Å². The van der Waals surface area contributed by atoms with Gasteiger partial charge in [-0.05, 0) is 51.1 Å². The number of benzene rings is 2. The minimum absolute atomic E-state index is 0.0868. The second kappa shape index (κ2) is 10.3. The Morgan fingerprint density at radius 3 is 2.03 bits per heavy atom. The first-order valence-corrected chi connectivity index (χ1v) is 10.4. The molecule has 1 heterocycles. The second-order valence-corrected chi connectivity index (χ2v) is 6.71. The maximum atomic E-state index is 12.8. The maximum Gasteiger partial charge on any atom is 0.357 e. The number of carbonyl (C=O) groups is 2. The fraction of sp³-hybridized carbons (Fsp3) is 0.261. The van der Waals surface area contributed by atoms with E-state index in [1.165, 1.54) is 0 Å². The van der Waals surface area contributed by atoms with Crippen LogP contribution in [0, 0.1) is 0 Å². The molecular weight excluding hydrogens is 412 g/mol. The Morgan fingerprint density at radius 2 is 1.47 bits per heavy atom. The van der Waals surface area contributed by atoms with E-state index in [4.69, 9.17) is 9.47 Å². The molecule has 0 spiro atoms. The predicted octanol–water partition coefficient (Wildman–Crippen LogP) is 3.21. The Morgan fingerprint density at radius 1 is 0.875 bits per heavy atom. The summed E-state index contributed by atoms with van der Waals surface area (Å²) in [6, 6.07) is 14.1. The van der Waals surface area contributed by atoms with E-state index >= 15 is 0 Å². The lowest BCUT2D eigenvalue weighted by molar-refractivity contribution is -0.141. The highest BCUT2D eigenvalue weighted by Gasteiger charge is 2.24.